The second-order valence-corrected chi connectivity index (χ2v) is 5.11. The number of benzene rings is 1. The van der Waals surface area contributed by atoms with Crippen molar-refractivity contribution in [3.05, 3.63) is 41.5 Å². The number of nitrogens with zero attached hydrogens (tertiary/aromatic N) is 2. The van der Waals surface area contributed by atoms with Gasteiger partial charge in [-0.05, 0) is 18.7 Å². The average Bonchev–Trinajstić information content (AvgIpc) is 3.02. The fourth-order valence-electron chi connectivity index (χ4n) is 2.21. The summed E-state index contributed by atoms with van der Waals surface area (Å²) in [4.78, 5) is 5.71. The Labute approximate surface area is 115 Å². The van der Waals surface area contributed by atoms with E-state index in [0.29, 0.717) is 6.54 Å². The smallest absolute Gasteiger partial charge is 0.194 e. The van der Waals surface area contributed by atoms with Crippen LogP contribution in [0.5, 0.6) is 5.75 Å². The minimum atomic E-state index is 0.612. The van der Waals surface area contributed by atoms with Crippen molar-refractivity contribution < 1.29 is 4.74 Å². The molecule has 4 nitrogen and oxygen atoms in total. The highest BCUT2D eigenvalue weighted by molar-refractivity contribution is 7.15. The Hall–Kier alpha value is -1.85. The predicted molar refractivity (Wildman–Crippen MR) is 77.8 cm³/mol. The first-order valence-electron chi connectivity index (χ1n) is 6.12. The van der Waals surface area contributed by atoms with E-state index in [4.69, 9.17) is 15.5 Å². The van der Waals surface area contributed by atoms with Crippen LogP contribution >= 0.6 is 11.3 Å². The quantitative estimate of drug-likeness (QED) is 0.795. The lowest BCUT2D eigenvalue weighted by molar-refractivity contribution is 0.415. The van der Waals surface area contributed by atoms with Crippen molar-refractivity contribution in [2.75, 3.05) is 13.7 Å². The maximum absolute atomic E-state index is 5.72. The van der Waals surface area contributed by atoms with Crippen LogP contribution in [0.1, 0.15) is 5.69 Å². The van der Waals surface area contributed by atoms with Gasteiger partial charge in [0.05, 0.1) is 18.5 Å². The summed E-state index contributed by atoms with van der Waals surface area (Å²) >= 11 is 1.63. The van der Waals surface area contributed by atoms with E-state index < -0.39 is 0 Å². The minimum absolute atomic E-state index is 0.612. The molecule has 0 bridgehead atoms. The van der Waals surface area contributed by atoms with E-state index in [1.54, 1.807) is 18.4 Å². The summed E-state index contributed by atoms with van der Waals surface area (Å²) in [7, 11) is 1.67. The number of thiazole rings is 1. The summed E-state index contributed by atoms with van der Waals surface area (Å²) < 4.78 is 7.39. The van der Waals surface area contributed by atoms with Gasteiger partial charge in [-0.3, -0.25) is 4.40 Å². The fourth-order valence-corrected chi connectivity index (χ4v) is 2.94. The molecule has 98 valence electrons. The molecule has 0 aliphatic carbocycles. The number of nitrogens with two attached hydrogens (primary N) is 1. The van der Waals surface area contributed by atoms with Crippen LogP contribution in [0.3, 0.4) is 0 Å². The van der Waals surface area contributed by atoms with Gasteiger partial charge in [0.1, 0.15) is 5.75 Å². The molecule has 0 saturated carbocycles. The van der Waals surface area contributed by atoms with Crippen molar-refractivity contribution in [2.45, 2.75) is 6.42 Å². The van der Waals surface area contributed by atoms with E-state index in [2.05, 4.69) is 10.5 Å². The zero-order chi connectivity index (χ0) is 13.2. The SMILES string of the molecule is COc1cccc(-c2nc3sccn3c2CCN)c1. The second-order valence-electron chi connectivity index (χ2n) is 4.23. The molecule has 3 aromatic rings. The molecule has 0 unspecified atom stereocenters. The molecule has 3 rings (SSSR count). The molecule has 2 heterocycles. The molecular weight excluding hydrogens is 258 g/mol. The van der Waals surface area contributed by atoms with E-state index in [1.807, 2.05) is 29.8 Å². The van der Waals surface area contributed by atoms with Gasteiger partial charge in [-0.25, -0.2) is 4.98 Å². The largest absolute Gasteiger partial charge is 0.497 e. The van der Waals surface area contributed by atoms with Crippen LogP contribution in [0.25, 0.3) is 16.2 Å². The van der Waals surface area contributed by atoms with Crippen LogP contribution < -0.4 is 10.5 Å². The molecule has 0 spiro atoms. The lowest BCUT2D eigenvalue weighted by Crippen LogP contribution is -2.05. The molecular formula is C14H15N3OS. The number of fused-ring (bicyclic) bond motifs is 1. The normalized spacial score (nSPS) is 11.1. The molecule has 2 N–H and O–H groups in total. The van der Waals surface area contributed by atoms with Crippen LogP contribution in [0.4, 0.5) is 0 Å². The van der Waals surface area contributed by atoms with Crippen LogP contribution in [-0.4, -0.2) is 23.0 Å². The molecule has 19 heavy (non-hydrogen) atoms. The zero-order valence-electron chi connectivity index (χ0n) is 10.7. The Morgan fingerprint density at radius 2 is 2.32 bits per heavy atom. The zero-order valence-corrected chi connectivity index (χ0v) is 11.5. The van der Waals surface area contributed by atoms with Crippen molar-refractivity contribution in [3.8, 4) is 17.0 Å². The molecule has 0 aliphatic rings. The Morgan fingerprint density at radius 3 is 3.11 bits per heavy atom. The van der Waals surface area contributed by atoms with Crippen molar-refractivity contribution >= 4 is 16.3 Å². The highest BCUT2D eigenvalue weighted by Gasteiger charge is 2.14. The number of hydrogen-bond acceptors (Lipinski definition) is 4. The highest BCUT2D eigenvalue weighted by Crippen LogP contribution is 2.29. The fraction of sp³-hybridized carbons (Fsp3) is 0.214. The first-order chi connectivity index (χ1) is 9.33. The van der Waals surface area contributed by atoms with Gasteiger partial charge < -0.3 is 10.5 Å². The standard InChI is InChI=1S/C14H15N3OS/c1-18-11-4-2-3-10(9-11)13-12(5-6-15)17-7-8-19-14(17)16-13/h2-4,7-9H,5-6,15H2,1H3. The summed E-state index contributed by atoms with van der Waals surface area (Å²) in [5.74, 6) is 0.840. The van der Waals surface area contributed by atoms with Gasteiger partial charge in [-0.2, -0.15) is 0 Å². The number of ether oxygens (including phenoxy) is 1. The summed E-state index contributed by atoms with van der Waals surface area (Å²) in [6, 6.07) is 7.97. The lowest BCUT2D eigenvalue weighted by Gasteiger charge is -2.05. The first kappa shape index (κ1) is 12.2. The number of hydrogen-bond donors (Lipinski definition) is 1. The van der Waals surface area contributed by atoms with Crippen LogP contribution in [-0.2, 0) is 6.42 Å². The number of imidazole rings is 1. The predicted octanol–water partition coefficient (Wildman–Crippen LogP) is 2.57. The maximum atomic E-state index is 5.72. The van der Waals surface area contributed by atoms with E-state index in [9.17, 15) is 0 Å². The van der Waals surface area contributed by atoms with Gasteiger partial charge in [0.15, 0.2) is 4.96 Å². The Balaban J connectivity index is 2.17. The van der Waals surface area contributed by atoms with Gasteiger partial charge >= 0.3 is 0 Å². The van der Waals surface area contributed by atoms with Gasteiger partial charge in [-0.1, -0.05) is 12.1 Å². The number of aromatic nitrogens is 2. The Kier molecular flexibility index (Phi) is 3.23. The van der Waals surface area contributed by atoms with E-state index in [0.717, 1.165) is 34.1 Å². The summed E-state index contributed by atoms with van der Waals surface area (Å²) in [5, 5.41) is 2.04. The minimum Gasteiger partial charge on any atom is -0.497 e. The molecule has 5 heteroatoms. The summed E-state index contributed by atoms with van der Waals surface area (Å²) in [6.07, 6.45) is 2.85. The van der Waals surface area contributed by atoms with Crippen LogP contribution in [0.15, 0.2) is 35.8 Å². The molecule has 2 aromatic heterocycles. The van der Waals surface area contributed by atoms with Crippen molar-refractivity contribution in [1.29, 1.82) is 0 Å². The average molecular weight is 273 g/mol. The second kappa shape index (κ2) is 5.03. The third kappa shape index (κ3) is 2.11. The van der Waals surface area contributed by atoms with Crippen molar-refractivity contribution in [3.63, 3.8) is 0 Å². The monoisotopic (exact) mass is 273 g/mol. The highest BCUT2D eigenvalue weighted by atomic mass is 32.1. The number of rotatable bonds is 4. The van der Waals surface area contributed by atoms with Gasteiger partial charge in [0.25, 0.3) is 0 Å². The summed E-state index contributed by atoms with van der Waals surface area (Å²) in [5.41, 5.74) is 8.94. The lowest BCUT2D eigenvalue weighted by atomic mass is 10.1. The van der Waals surface area contributed by atoms with E-state index >= 15 is 0 Å². The molecule has 0 aliphatic heterocycles. The molecule has 0 radical (unpaired) electrons. The van der Waals surface area contributed by atoms with E-state index in [-0.39, 0.29) is 0 Å². The van der Waals surface area contributed by atoms with Crippen LogP contribution in [0, 0.1) is 0 Å². The Morgan fingerprint density at radius 1 is 1.42 bits per heavy atom. The molecule has 0 saturated heterocycles. The molecule has 0 fully saturated rings. The maximum Gasteiger partial charge on any atom is 0.194 e. The van der Waals surface area contributed by atoms with E-state index in [1.165, 1.54) is 0 Å². The molecule has 1 aromatic carbocycles. The van der Waals surface area contributed by atoms with Crippen molar-refractivity contribution in [2.24, 2.45) is 5.73 Å². The topological polar surface area (TPSA) is 52.5 Å². The third-order valence-electron chi connectivity index (χ3n) is 3.09. The Bertz CT molecular complexity index is 702. The van der Waals surface area contributed by atoms with Crippen molar-refractivity contribution in [1.82, 2.24) is 9.38 Å². The first-order valence-corrected chi connectivity index (χ1v) is 7.00. The van der Waals surface area contributed by atoms with Gasteiger partial charge in [0.2, 0.25) is 0 Å². The molecule has 0 atom stereocenters. The number of methoxy groups -OCH3 is 1. The van der Waals surface area contributed by atoms with Gasteiger partial charge in [0, 0.05) is 23.6 Å². The summed E-state index contributed by atoms with van der Waals surface area (Å²) in [6.45, 7) is 0.612. The molecule has 0 amide bonds. The van der Waals surface area contributed by atoms with Gasteiger partial charge in [-0.15, -0.1) is 11.3 Å². The van der Waals surface area contributed by atoms with Crippen LogP contribution in [0.2, 0.25) is 0 Å². The third-order valence-corrected chi connectivity index (χ3v) is 3.84.